The van der Waals surface area contributed by atoms with Crippen LogP contribution in [0.5, 0.6) is 0 Å². The van der Waals surface area contributed by atoms with Gasteiger partial charge in [0.2, 0.25) is 0 Å². The Balaban J connectivity index is 0.00000529. The molecule has 6 nitrogen and oxygen atoms in total. The van der Waals surface area contributed by atoms with E-state index in [1.165, 1.54) is 19.4 Å². The number of methoxy groups -OCH3 is 1. The van der Waals surface area contributed by atoms with Gasteiger partial charge in [0.25, 0.3) is 0 Å². The second kappa shape index (κ2) is 15.2. The van der Waals surface area contributed by atoms with Gasteiger partial charge in [0.15, 0.2) is 5.96 Å². The molecule has 0 spiro atoms. The Morgan fingerprint density at radius 3 is 2.75 bits per heavy atom. The number of nitrogens with zero attached hydrogens (tertiary/aromatic N) is 3. The molecule has 1 aliphatic rings. The minimum atomic E-state index is 0. The van der Waals surface area contributed by atoms with Gasteiger partial charge in [0.05, 0.1) is 13.2 Å². The number of ether oxygens (including phenoxy) is 1. The molecule has 7 heteroatoms. The lowest BCUT2D eigenvalue weighted by Gasteiger charge is -2.21. The second-order valence-electron chi connectivity index (χ2n) is 6.22. The summed E-state index contributed by atoms with van der Waals surface area (Å²) in [5.74, 6) is 0.954. The number of nitrogens with one attached hydrogen (secondary N) is 2. The summed E-state index contributed by atoms with van der Waals surface area (Å²) in [7, 11) is 3.89. The second-order valence-corrected chi connectivity index (χ2v) is 6.22. The van der Waals surface area contributed by atoms with E-state index in [1.807, 2.05) is 0 Å². The lowest BCUT2D eigenvalue weighted by Crippen LogP contribution is -2.40. The minimum absolute atomic E-state index is 0. The highest BCUT2D eigenvalue weighted by Crippen LogP contribution is 2.16. The third-order valence-corrected chi connectivity index (χ3v) is 4.40. The highest BCUT2D eigenvalue weighted by molar-refractivity contribution is 14.0. The molecule has 0 aromatic rings. The molecule has 1 atom stereocenters. The fraction of sp³-hybridized carbons (Fsp3) is 0.941. The molecule has 1 rings (SSSR count). The first-order valence-electron chi connectivity index (χ1n) is 9.14. The maximum atomic E-state index is 5.10. The zero-order valence-electron chi connectivity index (χ0n) is 16.0. The summed E-state index contributed by atoms with van der Waals surface area (Å²) in [6.07, 6.45) is 3.70. The van der Waals surface area contributed by atoms with Crippen LogP contribution in [0.4, 0.5) is 0 Å². The van der Waals surface area contributed by atoms with Crippen molar-refractivity contribution in [3.63, 3.8) is 0 Å². The van der Waals surface area contributed by atoms with E-state index >= 15 is 0 Å². The number of rotatable bonds is 11. The average molecular weight is 455 g/mol. The number of likely N-dealkylation sites (tertiary alicyclic amines) is 1. The zero-order valence-corrected chi connectivity index (χ0v) is 18.3. The Morgan fingerprint density at radius 2 is 2.08 bits per heavy atom. The summed E-state index contributed by atoms with van der Waals surface area (Å²) in [5, 5.41) is 6.80. The van der Waals surface area contributed by atoms with Crippen LogP contribution in [-0.4, -0.2) is 88.4 Å². The summed E-state index contributed by atoms with van der Waals surface area (Å²) in [5.41, 5.74) is 0. The van der Waals surface area contributed by atoms with E-state index in [1.54, 1.807) is 7.11 Å². The summed E-state index contributed by atoms with van der Waals surface area (Å²) >= 11 is 0. The Kier molecular flexibility index (Phi) is 15.1. The summed E-state index contributed by atoms with van der Waals surface area (Å²) in [6, 6.07) is 0.621. The fourth-order valence-electron chi connectivity index (χ4n) is 2.97. The monoisotopic (exact) mass is 455 g/mol. The Morgan fingerprint density at radius 1 is 1.29 bits per heavy atom. The van der Waals surface area contributed by atoms with E-state index in [9.17, 15) is 0 Å². The molecule has 0 aromatic heterocycles. The molecule has 144 valence electrons. The van der Waals surface area contributed by atoms with E-state index < -0.39 is 0 Å². The normalized spacial score (nSPS) is 18.7. The Labute approximate surface area is 165 Å². The van der Waals surface area contributed by atoms with Crippen LogP contribution in [0, 0.1) is 0 Å². The van der Waals surface area contributed by atoms with Crippen LogP contribution in [0.15, 0.2) is 4.99 Å². The topological polar surface area (TPSA) is 52.1 Å². The van der Waals surface area contributed by atoms with Crippen molar-refractivity contribution < 1.29 is 4.74 Å². The molecule has 0 radical (unpaired) electrons. The van der Waals surface area contributed by atoms with Crippen LogP contribution >= 0.6 is 24.0 Å². The lowest BCUT2D eigenvalue weighted by molar-refractivity contribution is 0.161. The molecule has 1 aliphatic heterocycles. The zero-order chi connectivity index (χ0) is 16.9. The van der Waals surface area contributed by atoms with Crippen molar-refractivity contribution in [3.05, 3.63) is 0 Å². The van der Waals surface area contributed by atoms with Crippen LogP contribution in [0.25, 0.3) is 0 Å². The molecule has 0 aliphatic carbocycles. The van der Waals surface area contributed by atoms with E-state index in [0.29, 0.717) is 6.04 Å². The maximum absolute atomic E-state index is 5.10. The number of aliphatic imine (C=N–C) groups is 1. The highest BCUT2D eigenvalue weighted by Gasteiger charge is 2.22. The van der Waals surface area contributed by atoms with Gasteiger partial charge in [0.1, 0.15) is 0 Å². The van der Waals surface area contributed by atoms with Gasteiger partial charge >= 0.3 is 0 Å². The summed E-state index contributed by atoms with van der Waals surface area (Å²) < 4.78 is 5.10. The maximum Gasteiger partial charge on any atom is 0.191 e. The minimum Gasteiger partial charge on any atom is -0.383 e. The lowest BCUT2D eigenvalue weighted by atomic mass is 10.2. The molecular formula is C17H38IN5O. The third kappa shape index (κ3) is 10.0. The molecule has 24 heavy (non-hydrogen) atoms. The smallest absolute Gasteiger partial charge is 0.191 e. The molecule has 2 N–H and O–H groups in total. The standard InChI is InChI=1S/C17H37N5O.HI/c1-5-18-17(19-10-8-11-21(3)13-14-23-4)20-15-16-9-7-12-22(16)6-2;/h16H,5-15H2,1-4H3,(H2,18,19,20);1H. The van der Waals surface area contributed by atoms with Crippen molar-refractivity contribution in [3.8, 4) is 0 Å². The van der Waals surface area contributed by atoms with Gasteiger partial charge in [-0.2, -0.15) is 0 Å². The molecule has 1 fully saturated rings. The van der Waals surface area contributed by atoms with Gasteiger partial charge in [-0.15, -0.1) is 24.0 Å². The molecule has 1 heterocycles. The van der Waals surface area contributed by atoms with Crippen LogP contribution in [0.3, 0.4) is 0 Å². The van der Waals surface area contributed by atoms with Gasteiger partial charge in [-0.05, 0) is 52.9 Å². The van der Waals surface area contributed by atoms with Gasteiger partial charge in [0, 0.05) is 32.8 Å². The number of guanidine groups is 1. The molecule has 0 saturated carbocycles. The SMILES string of the molecule is CCNC(=NCC1CCCN1CC)NCCCN(C)CCOC.I. The number of likely N-dealkylation sites (N-methyl/N-ethyl adjacent to an activating group) is 2. The number of hydrogen-bond acceptors (Lipinski definition) is 4. The van der Waals surface area contributed by atoms with Crippen molar-refractivity contribution in [1.82, 2.24) is 20.4 Å². The molecular weight excluding hydrogens is 417 g/mol. The van der Waals surface area contributed by atoms with E-state index in [2.05, 4.69) is 41.3 Å². The predicted molar refractivity (Wildman–Crippen MR) is 114 cm³/mol. The van der Waals surface area contributed by atoms with Crippen LogP contribution in [0.1, 0.15) is 33.1 Å². The largest absolute Gasteiger partial charge is 0.383 e. The molecule has 0 bridgehead atoms. The first-order valence-corrected chi connectivity index (χ1v) is 9.14. The summed E-state index contributed by atoms with van der Waals surface area (Å²) in [6.45, 7) is 12.3. The molecule has 0 amide bonds. The first-order chi connectivity index (χ1) is 11.2. The van der Waals surface area contributed by atoms with E-state index in [-0.39, 0.29) is 24.0 Å². The highest BCUT2D eigenvalue weighted by atomic mass is 127. The van der Waals surface area contributed by atoms with Gasteiger partial charge in [-0.25, -0.2) is 0 Å². The van der Waals surface area contributed by atoms with Gasteiger partial charge < -0.3 is 20.3 Å². The van der Waals surface area contributed by atoms with Crippen molar-refractivity contribution >= 4 is 29.9 Å². The Hall–Kier alpha value is -0.120. The number of halogens is 1. The molecule has 0 aromatic carbocycles. The third-order valence-electron chi connectivity index (χ3n) is 4.40. The average Bonchev–Trinajstić information content (AvgIpc) is 3.02. The summed E-state index contributed by atoms with van der Waals surface area (Å²) in [4.78, 5) is 9.62. The predicted octanol–water partition coefficient (Wildman–Crippen LogP) is 1.61. The van der Waals surface area contributed by atoms with Crippen LogP contribution in [-0.2, 0) is 4.74 Å². The fourth-order valence-corrected chi connectivity index (χ4v) is 2.97. The van der Waals surface area contributed by atoms with Crippen LogP contribution in [0.2, 0.25) is 0 Å². The number of hydrogen-bond donors (Lipinski definition) is 2. The van der Waals surface area contributed by atoms with Crippen molar-refractivity contribution in [2.24, 2.45) is 4.99 Å². The van der Waals surface area contributed by atoms with Gasteiger partial charge in [-0.1, -0.05) is 6.92 Å². The molecule has 1 unspecified atom stereocenters. The first kappa shape index (κ1) is 23.9. The van der Waals surface area contributed by atoms with E-state index in [4.69, 9.17) is 9.73 Å². The van der Waals surface area contributed by atoms with Crippen molar-refractivity contribution in [1.29, 1.82) is 0 Å². The van der Waals surface area contributed by atoms with E-state index in [0.717, 1.165) is 58.3 Å². The quantitative estimate of drug-likeness (QED) is 0.215. The van der Waals surface area contributed by atoms with Crippen molar-refractivity contribution in [2.45, 2.75) is 39.2 Å². The van der Waals surface area contributed by atoms with Crippen molar-refractivity contribution in [2.75, 3.05) is 66.6 Å². The molecule has 1 saturated heterocycles. The van der Waals surface area contributed by atoms with Gasteiger partial charge in [-0.3, -0.25) is 9.89 Å². The Bertz CT molecular complexity index is 330. The van der Waals surface area contributed by atoms with Crippen LogP contribution < -0.4 is 10.6 Å².